The number of aliphatic hydroxyl groups excluding tert-OH is 2. The summed E-state index contributed by atoms with van der Waals surface area (Å²) in [6.07, 6.45) is 8.06. The number of carboxylic acids is 2. The van der Waals surface area contributed by atoms with Crippen LogP contribution < -0.4 is 15.7 Å². The number of likely N-dealkylation sites (N-methyl/N-ethyl adjacent to an activating group) is 2. The number of benzene rings is 4. The van der Waals surface area contributed by atoms with Gasteiger partial charge >= 0.3 is 5.97 Å². The average molecular weight is 1310 g/mol. The maximum atomic E-state index is 14.2. The summed E-state index contributed by atoms with van der Waals surface area (Å²) in [6, 6.07) is 28.2. The number of nitrogens with one attached hydrogen (secondary N) is 4. The molecule has 0 saturated carbocycles. The third-order valence-corrected chi connectivity index (χ3v) is 21.1. The Morgan fingerprint density at radius 2 is 1.01 bits per heavy atom. The molecule has 16 rings (SSSR count). The number of aliphatic hydroxyl groups is 4. The minimum absolute atomic E-state index is 0.144. The maximum Gasteiger partial charge on any atom is 0.335 e. The first-order valence-corrected chi connectivity index (χ1v) is 32.5. The number of carbonyl (C=O) groups excluding carboxylic acids is 7. The van der Waals surface area contributed by atoms with Gasteiger partial charge in [0.2, 0.25) is 35.1 Å². The quantitative estimate of drug-likeness (QED) is 0.0854. The van der Waals surface area contributed by atoms with Gasteiger partial charge in [-0.05, 0) is 123 Å². The van der Waals surface area contributed by atoms with Gasteiger partial charge in [-0.15, -0.1) is 0 Å². The number of piperazine rings is 2. The van der Waals surface area contributed by atoms with Gasteiger partial charge in [0.25, 0.3) is 23.6 Å². The normalized spacial score (nSPS) is 31.5. The molecule has 10 aliphatic rings. The highest BCUT2D eigenvalue weighted by Crippen LogP contribution is 2.49. The van der Waals surface area contributed by atoms with E-state index in [2.05, 4.69) is 67.1 Å². The molecule has 26 nitrogen and oxygen atoms in total. The Morgan fingerprint density at radius 1 is 0.604 bits per heavy atom. The van der Waals surface area contributed by atoms with Crippen LogP contribution in [0.25, 0.3) is 33.0 Å². The Labute approximate surface area is 550 Å². The number of aromatic nitrogens is 2. The van der Waals surface area contributed by atoms with E-state index in [0.29, 0.717) is 51.9 Å². The van der Waals surface area contributed by atoms with E-state index in [9.17, 15) is 53.7 Å². The van der Waals surface area contributed by atoms with E-state index in [0.717, 1.165) is 57.3 Å². The van der Waals surface area contributed by atoms with Gasteiger partial charge in [-0.1, -0.05) is 97.1 Å². The highest BCUT2D eigenvalue weighted by Gasteiger charge is 2.72. The summed E-state index contributed by atoms with van der Waals surface area (Å²) in [5.74, 6) is -11.4. The first kappa shape index (κ1) is 64.2. The van der Waals surface area contributed by atoms with Crippen molar-refractivity contribution >= 4 is 80.3 Å². The zero-order valence-corrected chi connectivity index (χ0v) is 53.2. The fourth-order valence-electron chi connectivity index (χ4n) is 16.5. The van der Waals surface area contributed by atoms with Crippen molar-refractivity contribution in [3.05, 3.63) is 155 Å². The number of aliphatic carboxylic acids is 2. The summed E-state index contributed by atoms with van der Waals surface area (Å²) in [7, 11) is 4.04. The second kappa shape index (κ2) is 23.9. The molecule has 9 N–H and O–H groups in total. The molecule has 8 aliphatic heterocycles. The highest BCUT2D eigenvalue weighted by atomic mass is 16.7. The second-order valence-corrected chi connectivity index (χ2v) is 27.1. The number of carbonyl (C=O) groups is 8. The van der Waals surface area contributed by atoms with Crippen LogP contribution in [-0.2, 0) is 73.5 Å². The van der Waals surface area contributed by atoms with Gasteiger partial charge < -0.3 is 65.8 Å². The molecule has 0 bridgehead atoms. The number of nitrogens with zero attached hydrogens (tertiary/aromatic N) is 6. The number of aromatic amines is 2. The van der Waals surface area contributed by atoms with Gasteiger partial charge in [0.1, 0.15) is 30.3 Å². The lowest BCUT2D eigenvalue weighted by molar-refractivity contribution is -0.318. The van der Waals surface area contributed by atoms with Crippen LogP contribution in [0.4, 0.5) is 0 Å². The molecule has 0 radical (unpaired) electrons. The Hall–Kier alpha value is -9.12. The number of H-pyrrole nitrogens is 2. The minimum Gasteiger partial charge on any atom is -0.547 e. The summed E-state index contributed by atoms with van der Waals surface area (Å²) in [5.41, 5.74) is 7.17. The zero-order valence-electron chi connectivity index (χ0n) is 53.2. The molecule has 14 unspecified atom stereocenters. The van der Waals surface area contributed by atoms with E-state index in [-0.39, 0.29) is 48.6 Å². The molecule has 14 atom stereocenters. The van der Waals surface area contributed by atoms with Gasteiger partial charge in [0, 0.05) is 85.3 Å². The number of rotatable bonds is 11. The van der Waals surface area contributed by atoms with Crippen LogP contribution in [-0.4, -0.2) is 224 Å². The zero-order chi connectivity index (χ0) is 67.7. The summed E-state index contributed by atoms with van der Waals surface area (Å²) in [4.78, 5) is 120. The van der Waals surface area contributed by atoms with E-state index in [1.54, 1.807) is 9.80 Å². The Bertz CT molecular complexity index is 3990. The van der Waals surface area contributed by atoms with Crippen molar-refractivity contribution in [3.8, 4) is 0 Å². The first-order chi connectivity index (χ1) is 45.8. The van der Waals surface area contributed by atoms with Gasteiger partial charge in [-0.25, -0.2) is 4.79 Å². The van der Waals surface area contributed by atoms with Crippen LogP contribution in [0.3, 0.4) is 0 Å². The monoisotopic (exact) mass is 1310 g/mol. The molecule has 2 aliphatic carbocycles. The molecular weight excluding hydrogens is 1240 g/mol. The van der Waals surface area contributed by atoms with Crippen molar-refractivity contribution in [2.45, 2.75) is 137 Å². The summed E-state index contributed by atoms with van der Waals surface area (Å²) in [6.45, 7) is 4.90. The van der Waals surface area contributed by atoms with Crippen LogP contribution in [0.15, 0.2) is 122 Å². The van der Waals surface area contributed by atoms with E-state index in [1.165, 1.54) is 45.5 Å². The number of carboxylic acid groups (broad SMARTS) is 2. The molecule has 2 aromatic heterocycles. The molecule has 26 heteroatoms. The maximum absolute atomic E-state index is 14.2. The van der Waals surface area contributed by atoms with Gasteiger partial charge in [0.05, 0.1) is 17.8 Å². The lowest BCUT2D eigenvalue weighted by Crippen LogP contribution is -2.71. The molecular formula is C70H75N10O16-. The SMILES string of the molecule is CN1CC(C(=O)NC2(C)OC3(O)C4CCCN4C(=O)C(Cc4ccccc4)N3C2=O)C=C2c3cccc4[nH]cc(c34)CC21.CN1CC(C(=O)NC2(C)OC3(O)C4CCCN4C(=O)C(Cc4ccccc4)N3C2=O)C=C2c3cccc4[nH]cc(c34)CC21.O=C([O-])C(O)C(O)C(=O)O. The number of hydrogen-bond donors (Lipinski definition) is 9. The van der Waals surface area contributed by atoms with Crippen molar-refractivity contribution in [1.82, 2.24) is 50.0 Å². The largest absolute Gasteiger partial charge is 0.547 e. The van der Waals surface area contributed by atoms with Gasteiger partial charge in [-0.2, -0.15) is 0 Å². The van der Waals surface area contributed by atoms with E-state index >= 15 is 0 Å². The second-order valence-electron chi connectivity index (χ2n) is 27.1. The van der Waals surface area contributed by atoms with E-state index in [4.69, 9.17) is 24.8 Å². The third-order valence-electron chi connectivity index (χ3n) is 21.1. The topological polar surface area (TPSA) is 354 Å². The highest BCUT2D eigenvalue weighted by molar-refractivity contribution is 6.03. The number of hydrogen-bond acceptors (Lipinski definition) is 17. The lowest BCUT2D eigenvalue weighted by Gasteiger charge is -2.48. The Morgan fingerprint density at radius 3 is 1.39 bits per heavy atom. The summed E-state index contributed by atoms with van der Waals surface area (Å²) >= 11 is 0. The van der Waals surface area contributed by atoms with Crippen molar-refractivity contribution < 1.29 is 78.5 Å². The van der Waals surface area contributed by atoms with Crippen molar-refractivity contribution in [2.75, 3.05) is 40.3 Å². The fourth-order valence-corrected chi connectivity index (χ4v) is 16.5. The van der Waals surface area contributed by atoms with Crippen LogP contribution >= 0.6 is 0 Å². The molecule has 6 aromatic rings. The number of ether oxygens (including phenoxy) is 2. The van der Waals surface area contributed by atoms with Crippen LogP contribution in [0.5, 0.6) is 0 Å². The minimum atomic E-state index is -2.38. The molecule has 10 heterocycles. The Balaban J connectivity index is 0.000000145. The van der Waals surface area contributed by atoms with E-state index in [1.807, 2.05) is 99.0 Å². The Kier molecular flexibility index (Phi) is 16.0. The molecule has 6 saturated heterocycles. The van der Waals surface area contributed by atoms with Crippen LogP contribution in [0.2, 0.25) is 0 Å². The summed E-state index contributed by atoms with van der Waals surface area (Å²) < 4.78 is 12.5. The molecule has 6 fully saturated rings. The smallest absolute Gasteiger partial charge is 0.335 e. The van der Waals surface area contributed by atoms with Gasteiger partial charge in [-0.3, -0.25) is 57.8 Å². The summed E-state index contributed by atoms with van der Waals surface area (Å²) in [5, 5.41) is 66.3. The number of amides is 6. The number of fused-ring (bicyclic) bond motifs is 10. The molecule has 96 heavy (non-hydrogen) atoms. The fraction of sp³-hybridized carbons (Fsp3) is 0.429. The molecule has 6 amide bonds. The van der Waals surface area contributed by atoms with Crippen LogP contribution in [0, 0.1) is 11.8 Å². The van der Waals surface area contributed by atoms with Crippen LogP contribution in [0.1, 0.15) is 72.9 Å². The lowest BCUT2D eigenvalue weighted by atomic mass is 9.79. The van der Waals surface area contributed by atoms with E-state index < -0.39 is 95.2 Å². The van der Waals surface area contributed by atoms with Crippen molar-refractivity contribution in [1.29, 1.82) is 0 Å². The molecule has 502 valence electrons. The van der Waals surface area contributed by atoms with Gasteiger partial charge in [0.15, 0.2) is 6.10 Å². The van der Waals surface area contributed by atoms with Crippen molar-refractivity contribution in [3.63, 3.8) is 0 Å². The predicted octanol–water partition coefficient (Wildman–Crippen LogP) is 0.524. The first-order valence-electron chi connectivity index (χ1n) is 32.5. The predicted molar refractivity (Wildman–Crippen MR) is 341 cm³/mol. The molecule has 0 spiro atoms. The standard InChI is InChI=1S/2C33H35N5O5.C4H6O6/c2*1-32(35-29(39)21-15-23-22-10-6-11-24-28(22)20(17-34-24)16-25(23)36(2)18-21)31(41)38-26(14-19-8-4-3-5-9-19)30(40)37-13-7-12-27(37)33(38,42)43-32;5-1(3(7)8)2(6)4(9)10/h2*3-6,8-11,15,17,21,25-27,34,42H,7,12-14,16,18H2,1-2H3,(H,35,39);1-2,5-6H,(H,7,8)(H,9,10)/p-1. The average Bonchev–Trinajstić information content (AvgIpc) is 1.54. The van der Waals surface area contributed by atoms with Crippen molar-refractivity contribution in [2.24, 2.45) is 11.8 Å². The third kappa shape index (κ3) is 10.5. The molecule has 4 aromatic carbocycles.